The normalized spacial score (nSPS) is 11.4. The van der Waals surface area contributed by atoms with E-state index in [0.717, 1.165) is 12.8 Å². The van der Waals surface area contributed by atoms with E-state index in [1.807, 2.05) is 24.3 Å². The summed E-state index contributed by atoms with van der Waals surface area (Å²) in [5, 5.41) is 20.5. The standard InChI is InChI=1S/C23H26O2Si/c1-26(23-5-3-2-4-6-23,17-15-19-7-11-21(24)12-8-19)18-16-20-9-13-22(25)14-10-20/h2-14,24-25H,15-18H2,1H3. The van der Waals surface area contributed by atoms with Crippen LogP contribution in [0.25, 0.3) is 0 Å². The SMILES string of the molecule is C[Si](CCc1ccc(O)cc1)(CCc1ccc(O)cc1)c1ccccc1. The molecule has 2 nitrogen and oxygen atoms in total. The zero-order chi connectivity index (χ0) is 18.4. The molecule has 0 amide bonds. The molecular weight excluding hydrogens is 336 g/mol. The van der Waals surface area contributed by atoms with Crippen LogP contribution in [0.3, 0.4) is 0 Å². The molecule has 3 aromatic rings. The minimum absolute atomic E-state index is 0.323. The molecule has 26 heavy (non-hydrogen) atoms. The van der Waals surface area contributed by atoms with E-state index in [4.69, 9.17) is 0 Å². The number of aromatic hydroxyl groups is 2. The van der Waals surface area contributed by atoms with Gasteiger partial charge in [0.2, 0.25) is 0 Å². The fourth-order valence-corrected chi connectivity index (χ4v) is 6.93. The van der Waals surface area contributed by atoms with Crippen molar-refractivity contribution in [3.05, 3.63) is 90.0 Å². The van der Waals surface area contributed by atoms with Crippen LogP contribution in [0, 0.1) is 0 Å². The van der Waals surface area contributed by atoms with Crippen molar-refractivity contribution >= 4 is 13.3 Å². The van der Waals surface area contributed by atoms with Gasteiger partial charge in [-0.1, -0.05) is 66.3 Å². The van der Waals surface area contributed by atoms with Gasteiger partial charge in [-0.2, -0.15) is 0 Å². The molecule has 0 bridgehead atoms. The van der Waals surface area contributed by atoms with Crippen LogP contribution in [-0.2, 0) is 12.8 Å². The van der Waals surface area contributed by atoms with Crippen molar-refractivity contribution in [3.8, 4) is 11.5 Å². The molecule has 0 saturated heterocycles. The van der Waals surface area contributed by atoms with Crippen molar-refractivity contribution in [1.82, 2.24) is 0 Å². The van der Waals surface area contributed by atoms with Gasteiger partial charge in [-0.25, -0.2) is 0 Å². The number of hydrogen-bond donors (Lipinski definition) is 2. The monoisotopic (exact) mass is 362 g/mol. The van der Waals surface area contributed by atoms with Crippen LogP contribution in [0.5, 0.6) is 11.5 Å². The zero-order valence-corrected chi connectivity index (χ0v) is 16.2. The van der Waals surface area contributed by atoms with E-state index >= 15 is 0 Å². The van der Waals surface area contributed by atoms with E-state index in [9.17, 15) is 10.2 Å². The molecule has 0 aliphatic carbocycles. The Labute approximate surface area is 156 Å². The molecule has 3 rings (SSSR count). The Morgan fingerprint density at radius 2 is 1.04 bits per heavy atom. The van der Waals surface area contributed by atoms with Gasteiger partial charge >= 0.3 is 0 Å². The van der Waals surface area contributed by atoms with E-state index in [1.165, 1.54) is 28.4 Å². The summed E-state index contributed by atoms with van der Waals surface area (Å²) >= 11 is 0. The number of phenols is 2. The van der Waals surface area contributed by atoms with Crippen LogP contribution in [0.2, 0.25) is 18.6 Å². The first-order valence-electron chi connectivity index (χ1n) is 9.16. The molecule has 2 N–H and O–H groups in total. The highest BCUT2D eigenvalue weighted by Gasteiger charge is 2.28. The maximum absolute atomic E-state index is 9.48. The van der Waals surface area contributed by atoms with Crippen LogP contribution in [-0.4, -0.2) is 18.3 Å². The Morgan fingerprint density at radius 3 is 1.46 bits per heavy atom. The Kier molecular flexibility index (Phi) is 5.79. The van der Waals surface area contributed by atoms with Crippen molar-refractivity contribution in [2.24, 2.45) is 0 Å². The lowest BCUT2D eigenvalue weighted by Crippen LogP contribution is -2.45. The Hall–Kier alpha value is -2.52. The van der Waals surface area contributed by atoms with Gasteiger partial charge < -0.3 is 10.2 Å². The van der Waals surface area contributed by atoms with Crippen LogP contribution < -0.4 is 5.19 Å². The first-order valence-corrected chi connectivity index (χ1v) is 12.1. The average Bonchev–Trinajstić information content (AvgIpc) is 2.68. The molecule has 0 unspecified atom stereocenters. The summed E-state index contributed by atoms with van der Waals surface area (Å²) < 4.78 is 0. The van der Waals surface area contributed by atoms with E-state index in [-0.39, 0.29) is 0 Å². The average molecular weight is 363 g/mol. The predicted octanol–water partition coefficient (Wildman–Crippen LogP) is 4.87. The second-order valence-electron chi connectivity index (χ2n) is 7.26. The van der Waals surface area contributed by atoms with Crippen LogP contribution in [0.4, 0.5) is 0 Å². The molecule has 0 fully saturated rings. The largest absolute Gasteiger partial charge is 0.508 e. The summed E-state index contributed by atoms with van der Waals surface area (Å²) in [6.07, 6.45) is 2.07. The Balaban J connectivity index is 1.75. The maximum atomic E-state index is 9.48. The lowest BCUT2D eigenvalue weighted by molar-refractivity contribution is 0.474. The zero-order valence-electron chi connectivity index (χ0n) is 15.2. The lowest BCUT2D eigenvalue weighted by atomic mass is 10.2. The molecule has 0 aliphatic rings. The molecule has 0 heterocycles. The topological polar surface area (TPSA) is 40.5 Å². The van der Waals surface area contributed by atoms with Gasteiger partial charge in [-0.15, -0.1) is 0 Å². The van der Waals surface area contributed by atoms with Gasteiger partial charge in [0, 0.05) is 0 Å². The van der Waals surface area contributed by atoms with Gasteiger partial charge in [0.1, 0.15) is 11.5 Å². The second-order valence-corrected chi connectivity index (χ2v) is 12.0. The number of rotatable bonds is 7. The lowest BCUT2D eigenvalue weighted by Gasteiger charge is -2.28. The van der Waals surface area contributed by atoms with Crippen molar-refractivity contribution in [2.45, 2.75) is 31.5 Å². The van der Waals surface area contributed by atoms with Crippen molar-refractivity contribution in [1.29, 1.82) is 0 Å². The van der Waals surface area contributed by atoms with Gasteiger partial charge in [-0.3, -0.25) is 0 Å². The molecule has 0 atom stereocenters. The molecule has 134 valence electrons. The van der Waals surface area contributed by atoms with E-state index in [2.05, 4.69) is 36.9 Å². The summed E-state index contributed by atoms with van der Waals surface area (Å²) in [6.45, 7) is 2.48. The third kappa shape index (κ3) is 4.76. The van der Waals surface area contributed by atoms with Gasteiger partial charge in [-0.05, 0) is 60.3 Å². The Morgan fingerprint density at radius 1 is 0.615 bits per heavy atom. The van der Waals surface area contributed by atoms with Crippen LogP contribution in [0.15, 0.2) is 78.9 Å². The highest BCUT2D eigenvalue weighted by Crippen LogP contribution is 2.23. The molecule has 3 aromatic carbocycles. The van der Waals surface area contributed by atoms with Crippen molar-refractivity contribution in [3.63, 3.8) is 0 Å². The summed E-state index contributed by atoms with van der Waals surface area (Å²) in [6, 6.07) is 28.5. The predicted molar refractivity (Wildman–Crippen MR) is 111 cm³/mol. The van der Waals surface area contributed by atoms with Gasteiger partial charge in [0.15, 0.2) is 0 Å². The first kappa shape index (κ1) is 18.3. The molecule has 0 radical (unpaired) electrons. The second kappa shape index (κ2) is 8.24. The number of hydrogen-bond acceptors (Lipinski definition) is 2. The van der Waals surface area contributed by atoms with Crippen LogP contribution in [0.1, 0.15) is 11.1 Å². The quantitative estimate of drug-likeness (QED) is 0.589. The molecule has 0 aromatic heterocycles. The maximum Gasteiger partial charge on any atom is 0.115 e. The summed E-state index contributed by atoms with van der Waals surface area (Å²) in [5.74, 6) is 0.647. The minimum Gasteiger partial charge on any atom is -0.508 e. The molecular formula is C23H26O2Si. The van der Waals surface area contributed by atoms with Crippen LogP contribution >= 0.6 is 0 Å². The summed E-state index contributed by atoms with van der Waals surface area (Å²) in [4.78, 5) is 0. The highest BCUT2D eigenvalue weighted by atomic mass is 28.3. The fraction of sp³-hybridized carbons (Fsp3) is 0.217. The molecule has 3 heteroatoms. The van der Waals surface area contributed by atoms with E-state index in [1.54, 1.807) is 24.3 Å². The number of phenolic OH excluding ortho intramolecular Hbond substituents is 2. The third-order valence-corrected chi connectivity index (χ3v) is 9.71. The van der Waals surface area contributed by atoms with Gasteiger partial charge in [0.25, 0.3) is 0 Å². The number of aryl methyl sites for hydroxylation is 2. The summed E-state index contributed by atoms with van der Waals surface area (Å²) in [7, 11) is -1.64. The van der Waals surface area contributed by atoms with E-state index < -0.39 is 8.07 Å². The highest BCUT2D eigenvalue weighted by molar-refractivity contribution is 6.90. The Bertz CT molecular complexity index is 762. The van der Waals surface area contributed by atoms with E-state index in [0.29, 0.717) is 11.5 Å². The number of benzene rings is 3. The molecule has 0 saturated carbocycles. The molecule has 0 aliphatic heterocycles. The minimum atomic E-state index is -1.64. The third-order valence-electron chi connectivity index (χ3n) is 5.27. The van der Waals surface area contributed by atoms with Crippen molar-refractivity contribution < 1.29 is 10.2 Å². The van der Waals surface area contributed by atoms with Gasteiger partial charge in [0.05, 0.1) is 8.07 Å². The molecule has 0 spiro atoms. The van der Waals surface area contributed by atoms with Crippen molar-refractivity contribution in [2.75, 3.05) is 0 Å². The summed E-state index contributed by atoms with van der Waals surface area (Å²) in [5.41, 5.74) is 2.56. The first-order chi connectivity index (χ1) is 12.5. The fourth-order valence-electron chi connectivity index (χ4n) is 3.42. The smallest absolute Gasteiger partial charge is 0.115 e.